The summed E-state index contributed by atoms with van der Waals surface area (Å²) < 4.78 is 13.7. The van der Waals surface area contributed by atoms with Crippen molar-refractivity contribution in [1.29, 1.82) is 0 Å². The third kappa shape index (κ3) is 2.18. The Labute approximate surface area is 109 Å². The molecule has 2 nitrogen and oxygen atoms in total. The van der Waals surface area contributed by atoms with Crippen molar-refractivity contribution in [3.05, 3.63) is 23.5 Å². The third-order valence-corrected chi connectivity index (χ3v) is 4.27. The van der Waals surface area contributed by atoms with Gasteiger partial charge in [-0.2, -0.15) is 0 Å². The maximum absolute atomic E-state index is 13.7. The Hall–Kier alpha value is -1.25. The molecule has 1 aromatic carbocycles. The van der Waals surface area contributed by atoms with Crippen molar-refractivity contribution in [3.63, 3.8) is 0 Å². The van der Waals surface area contributed by atoms with Crippen LogP contribution >= 0.6 is 0 Å². The van der Waals surface area contributed by atoms with E-state index in [-0.39, 0.29) is 22.3 Å². The van der Waals surface area contributed by atoms with Crippen molar-refractivity contribution in [3.8, 4) is 5.75 Å². The topological polar surface area (TPSA) is 46.2 Å². The maximum atomic E-state index is 13.7. The van der Waals surface area contributed by atoms with Crippen LogP contribution in [0.1, 0.15) is 53.0 Å². The molecule has 0 aliphatic rings. The highest BCUT2D eigenvalue weighted by atomic mass is 19.1. The van der Waals surface area contributed by atoms with Gasteiger partial charge >= 0.3 is 0 Å². The van der Waals surface area contributed by atoms with Gasteiger partial charge < -0.3 is 10.8 Å². The molecule has 1 rings (SSSR count). The summed E-state index contributed by atoms with van der Waals surface area (Å²) in [6, 6.07) is 2.71. The van der Waals surface area contributed by atoms with Gasteiger partial charge in [0.2, 0.25) is 0 Å². The number of nitrogens with two attached hydrogens (primary N) is 1. The summed E-state index contributed by atoms with van der Waals surface area (Å²) in [6.07, 6.45) is 1.67. The lowest BCUT2D eigenvalue weighted by molar-refractivity contribution is 0.162. The average molecular weight is 253 g/mol. The molecule has 3 heteroatoms. The minimum Gasteiger partial charge on any atom is -0.508 e. The molecule has 0 aliphatic heterocycles. The number of rotatable bonds is 3. The van der Waals surface area contributed by atoms with Crippen molar-refractivity contribution < 1.29 is 9.50 Å². The first-order valence-electron chi connectivity index (χ1n) is 6.48. The zero-order chi connectivity index (χ0) is 14.1. The Bertz CT molecular complexity index is 431. The summed E-state index contributed by atoms with van der Waals surface area (Å²) in [7, 11) is 0. The summed E-state index contributed by atoms with van der Waals surface area (Å²) in [5.41, 5.74) is 5.81. The van der Waals surface area contributed by atoms with Crippen molar-refractivity contribution in [1.82, 2.24) is 0 Å². The van der Waals surface area contributed by atoms with E-state index in [9.17, 15) is 9.50 Å². The Morgan fingerprint density at radius 2 is 1.67 bits per heavy atom. The lowest BCUT2D eigenvalue weighted by atomic mass is 9.59. The zero-order valence-electron chi connectivity index (χ0n) is 12.0. The van der Waals surface area contributed by atoms with Gasteiger partial charge in [0.25, 0.3) is 0 Å². The van der Waals surface area contributed by atoms with E-state index < -0.39 is 5.82 Å². The number of aromatic hydroxyl groups is 1. The van der Waals surface area contributed by atoms with E-state index in [2.05, 4.69) is 34.6 Å². The van der Waals surface area contributed by atoms with Crippen LogP contribution in [0.15, 0.2) is 12.1 Å². The largest absolute Gasteiger partial charge is 0.508 e. The zero-order valence-corrected chi connectivity index (χ0v) is 12.0. The molecule has 0 saturated heterocycles. The van der Waals surface area contributed by atoms with E-state index in [1.807, 2.05) is 0 Å². The van der Waals surface area contributed by atoms with Gasteiger partial charge in [-0.15, -0.1) is 0 Å². The minimum atomic E-state index is -0.460. The van der Waals surface area contributed by atoms with E-state index in [0.717, 1.165) is 12.8 Å². The Balaban J connectivity index is 3.54. The maximum Gasteiger partial charge on any atom is 0.146 e. The van der Waals surface area contributed by atoms with Gasteiger partial charge in [-0.1, -0.05) is 34.6 Å². The van der Waals surface area contributed by atoms with Gasteiger partial charge in [0.1, 0.15) is 11.6 Å². The summed E-state index contributed by atoms with van der Waals surface area (Å²) >= 11 is 0. The van der Waals surface area contributed by atoms with E-state index in [4.69, 9.17) is 5.73 Å². The van der Waals surface area contributed by atoms with Crippen LogP contribution in [0.4, 0.5) is 10.1 Å². The number of phenols is 1. The van der Waals surface area contributed by atoms with Crippen LogP contribution < -0.4 is 5.73 Å². The van der Waals surface area contributed by atoms with Crippen molar-refractivity contribution in [2.75, 3.05) is 5.73 Å². The van der Waals surface area contributed by atoms with Crippen molar-refractivity contribution >= 4 is 5.69 Å². The third-order valence-electron chi connectivity index (χ3n) is 4.27. The minimum absolute atomic E-state index is 0.00809. The van der Waals surface area contributed by atoms with Gasteiger partial charge in [-0.3, -0.25) is 0 Å². The standard InChI is InChI=1S/C15H24FNO/c1-6-15(7-2,14(3,4)5)10-8-11(16)12(17)9-13(10)18/h8-9,18H,6-7,17H2,1-5H3. The van der Waals surface area contributed by atoms with Gasteiger partial charge in [0, 0.05) is 17.0 Å². The predicted molar refractivity (Wildman–Crippen MR) is 74.2 cm³/mol. The van der Waals surface area contributed by atoms with E-state index in [1.54, 1.807) is 0 Å². The normalized spacial score (nSPS) is 12.8. The molecule has 0 fully saturated rings. The number of anilines is 1. The molecule has 0 aromatic heterocycles. The first kappa shape index (κ1) is 14.8. The van der Waals surface area contributed by atoms with Crippen LogP contribution in [0, 0.1) is 11.2 Å². The van der Waals surface area contributed by atoms with Crippen LogP contribution in [-0.2, 0) is 5.41 Å². The molecule has 0 heterocycles. The first-order chi connectivity index (χ1) is 8.19. The molecule has 0 bridgehead atoms. The molecule has 3 N–H and O–H groups in total. The van der Waals surface area contributed by atoms with E-state index in [0.29, 0.717) is 5.56 Å². The fraction of sp³-hybridized carbons (Fsp3) is 0.600. The summed E-state index contributed by atoms with van der Waals surface area (Å²) in [6.45, 7) is 10.5. The molecule has 0 unspecified atom stereocenters. The molecule has 0 radical (unpaired) electrons. The molecule has 0 saturated carbocycles. The second kappa shape index (κ2) is 4.79. The van der Waals surface area contributed by atoms with Gasteiger partial charge in [-0.25, -0.2) is 4.39 Å². The van der Waals surface area contributed by atoms with Gasteiger partial charge in [0.15, 0.2) is 0 Å². The quantitative estimate of drug-likeness (QED) is 0.792. The fourth-order valence-electron chi connectivity index (χ4n) is 3.06. The lowest BCUT2D eigenvalue weighted by Crippen LogP contribution is -2.39. The fourth-order valence-corrected chi connectivity index (χ4v) is 3.06. The van der Waals surface area contributed by atoms with Crippen LogP contribution in [0.2, 0.25) is 0 Å². The van der Waals surface area contributed by atoms with Gasteiger partial charge in [-0.05, 0) is 24.3 Å². The highest BCUT2D eigenvalue weighted by molar-refractivity contribution is 5.52. The number of hydrogen-bond acceptors (Lipinski definition) is 2. The second-order valence-electron chi connectivity index (χ2n) is 5.93. The highest BCUT2D eigenvalue weighted by Crippen LogP contribution is 2.50. The summed E-state index contributed by atoms with van der Waals surface area (Å²) in [5, 5.41) is 10.1. The molecular weight excluding hydrogens is 229 g/mol. The predicted octanol–water partition coefficient (Wildman–Crippen LogP) is 4.22. The van der Waals surface area contributed by atoms with Crippen LogP contribution in [0.25, 0.3) is 0 Å². The second-order valence-corrected chi connectivity index (χ2v) is 5.93. The first-order valence-corrected chi connectivity index (χ1v) is 6.48. The number of nitrogen functional groups attached to an aromatic ring is 1. The van der Waals surface area contributed by atoms with Gasteiger partial charge in [0.05, 0.1) is 5.69 Å². The summed E-state index contributed by atoms with van der Waals surface area (Å²) in [5.74, 6) is -0.370. The molecular formula is C15H24FNO. The molecule has 0 atom stereocenters. The van der Waals surface area contributed by atoms with Crippen molar-refractivity contribution in [2.24, 2.45) is 5.41 Å². The molecule has 1 aromatic rings. The average Bonchev–Trinajstić information content (AvgIpc) is 2.25. The number of hydrogen-bond donors (Lipinski definition) is 2. The van der Waals surface area contributed by atoms with Crippen LogP contribution in [0.3, 0.4) is 0 Å². The van der Waals surface area contributed by atoms with E-state index in [1.165, 1.54) is 12.1 Å². The Morgan fingerprint density at radius 1 is 1.17 bits per heavy atom. The number of benzene rings is 1. The SMILES string of the molecule is CCC(CC)(c1cc(F)c(N)cc1O)C(C)(C)C. The Kier molecular flexibility index (Phi) is 3.94. The van der Waals surface area contributed by atoms with Crippen LogP contribution in [-0.4, -0.2) is 5.11 Å². The molecule has 0 amide bonds. The number of phenolic OH excluding ortho intramolecular Hbond substituents is 1. The van der Waals surface area contributed by atoms with Crippen LogP contribution in [0.5, 0.6) is 5.75 Å². The highest BCUT2D eigenvalue weighted by Gasteiger charge is 2.42. The lowest BCUT2D eigenvalue weighted by Gasteiger charge is -2.45. The van der Waals surface area contributed by atoms with E-state index >= 15 is 0 Å². The monoisotopic (exact) mass is 253 g/mol. The summed E-state index contributed by atoms with van der Waals surface area (Å²) in [4.78, 5) is 0. The Morgan fingerprint density at radius 3 is 2.06 bits per heavy atom. The molecule has 0 aliphatic carbocycles. The number of halogens is 1. The molecule has 18 heavy (non-hydrogen) atoms. The molecule has 0 spiro atoms. The van der Waals surface area contributed by atoms with Crippen molar-refractivity contribution in [2.45, 2.75) is 52.9 Å². The molecule has 102 valence electrons. The smallest absolute Gasteiger partial charge is 0.146 e.